The lowest BCUT2D eigenvalue weighted by molar-refractivity contribution is 0.431. The molecule has 0 fully saturated rings. The summed E-state index contributed by atoms with van der Waals surface area (Å²) in [6.45, 7) is 1.84. The van der Waals surface area contributed by atoms with Gasteiger partial charge in [0.25, 0.3) is 5.89 Å². The number of furan rings is 1. The molecule has 0 saturated heterocycles. The summed E-state index contributed by atoms with van der Waals surface area (Å²) in [7, 11) is 0. The fourth-order valence-electron chi connectivity index (χ4n) is 1.44. The number of nitrogen functional groups attached to an aromatic ring is 1. The van der Waals surface area contributed by atoms with Crippen molar-refractivity contribution in [2.45, 2.75) is 6.92 Å². The molecule has 6 nitrogen and oxygen atoms in total. The molecule has 3 rings (SSSR count). The fraction of sp³-hybridized carbons (Fsp3) is 0.100. The summed E-state index contributed by atoms with van der Waals surface area (Å²) >= 11 is 1.33. The fourth-order valence-corrected chi connectivity index (χ4v) is 1.98. The summed E-state index contributed by atoms with van der Waals surface area (Å²) in [5, 5.41) is 6.13. The van der Waals surface area contributed by atoms with Crippen molar-refractivity contribution in [2.24, 2.45) is 0 Å². The Bertz CT molecular complexity index is 655. The standard InChI is InChI=1S/C10H8N4O2S/c1-5-6(2-3-15-5)8-13-9(16-14-8)7-4-17-10(11)12-7/h2-4H,1H3,(H2,11,12). The van der Waals surface area contributed by atoms with Gasteiger partial charge in [-0.05, 0) is 13.0 Å². The molecule has 0 unspecified atom stereocenters. The van der Waals surface area contributed by atoms with Crippen LogP contribution in [0.3, 0.4) is 0 Å². The van der Waals surface area contributed by atoms with Crippen LogP contribution < -0.4 is 5.73 Å². The van der Waals surface area contributed by atoms with Crippen molar-refractivity contribution in [2.75, 3.05) is 5.73 Å². The van der Waals surface area contributed by atoms with Gasteiger partial charge in [-0.1, -0.05) is 5.16 Å². The normalized spacial score (nSPS) is 10.9. The molecule has 3 heterocycles. The van der Waals surface area contributed by atoms with E-state index in [1.165, 1.54) is 11.3 Å². The highest BCUT2D eigenvalue weighted by molar-refractivity contribution is 7.13. The Kier molecular flexibility index (Phi) is 2.19. The maximum atomic E-state index is 5.54. The molecule has 0 aliphatic rings. The Morgan fingerprint density at radius 1 is 1.35 bits per heavy atom. The molecule has 0 spiro atoms. The van der Waals surface area contributed by atoms with Crippen LogP contribution in [-0.2, 0) is 0 Å². The lowest BCUT2D eigenvalue weighted by Crippen LogP contribution is -1.83. The summed E-state index contributed by atoms with van der Waals surface area (Å²) in [6, 6.07) is 1.79. The van der Waals surface area contributed by atoms with E-state index in [2.05, 4.69) is 15.1 Å². The van der Waals surface area contributed by atoms with Crippen LogP contribution in [0.4, 0.5) is 5.13 Å². The highest BCUT2D eigenvalue weighted by atomic mass is 32.1. The molecule has 86 valence electrons. The second-order valence-electron chi connectivity index (χ2n) is 3.38. The van der Waals surface area contributed by atoms with E-state index >= 15 is 0 Å². The van der Waals surface area contributed by atoms with Crippen molar-refractivity contribution in [3.8, 4) is 23.0 Å². The number of hydrogen-bond donors (Lipinski definition) is 1. The first-order valence-electron chi connectivity index (χ1n) is 4.83. The quantitative estimate of drug-likeness (QED) is 0.748. The number of nitrogens with zero attached hydrogens (tertiary/aromatic N) is 3. The van der Waals surface area contributed by atoms with Gasteiger partial charge >= 0.3 is 0 Å². The van der Waals surface area contributed by atoms with Crippen LogP contribution in [0.2, 0.25) is 0 Å². The molecule has 0 bridgehead atoms. The van der Waals surface area contributed by atoms with Crippen LogP contribution in [-0.4, -0.2) is 15.1 Å². The maximum Gasteiger partial charge on any atom is 0.277 e. The minimum atomic E-state index is 0.355. The van der Waals surface area contributed by atoms with E-state index in [1.54, 1.807) is 17.7 Å². The molecule has 0 amide bonds. The Labute approximate surface area is 100 Å². The molecule has 7 heteroatoms. The largest absolute Gasteiger partial charge is 0.469 e. The molecule has 0 radical (unpaired) electrons. The number of rotatable bonds is 2. The van der Waals surface area contributed by atoms with E-state index in [1.807, 2.05) is 6.92 Å². The van der Waals surface area contributed by atoms with Gasteiger partial charge in [0.15, 0.2) is 5.13 Å². The van der Waals surface area contributed by atoms with Crippen molar-refractivity contribution in [3.63, 3.8) is 0 Å². The molecular formula is C10H8N4O2S. The maximum absolute atomic E-state index is 5.54. The number of aryl methyl sites for hydroxylation is 1. The molecule has 3 aromatic rings. The lowest BCUT2D eigenvalue weighted by atomic mass is 10.2. The Morgan fingerprint density at radius 2 is 2.24 bits per heavy atom. The number of anilines is 1. The van der Waals surface area contributed by atoms with E-state index in [9.17, 15) is 0 Å². The van der Waals surface area contributed by atoms with Gasteiger partial charge in [0.05, 0.1) is 11.8 Å². The third-order valence-electron chi connectivity index (χ3n) is 2.27. The van der Waals surface area contributed by atoms with Crippen molar-refractivity contribution in [1.29, 1.82) is 0 Å². The topological polar surface area (TPSA) is 91.0 Å². The van der Waals surface area contributed by atoms with E-state index in [4.69, 9.17) is 14.7 Å². The van der Waals surface area contributed by atoms with Gasteiger partial charge in [0.1, 0.15) is 11.5 Å². The third kappa shape index (κ3) is 1.70. The minimum Gasteiger partial charge on any atom is -0.469 e. The van der Waals surface area contributed by atoms with Gasteiger partial charge in [-0.15, -0.1) is 11.3 Å². The smallest absolute Gasteiger partial charge is 0.277 e. The number of nitrogens with two attached hydrogens (primary N) is 1. The summed E-state index contributed by atoms with van der Waals surface area (Å²) in [4.78, 5) is 8.32. The zero-order chi connectivity index (χ0) is 11.8. The predicted octanol–water partition coefficient (Wildman–Crippen LogP) is 2.34. The molecule has 0 atom stereocenters. The second kappa shape index (κ2) is 3.70. The number of thiazole rings is 1. The van der Waals surface area contributed by atoms with Crippen LogP contribution in [0.1, 0.15) is 5.76 Å². The Balaban J connectivity index is 2.01. The van der Waals surface area contributed by atoms with Gasteiger partial charge in [-0.3, -0.25) is 0 Å². The first-order chi connectivity index (χ1) is 8.24. The molecule has 17 heavy (non-hydrogen) atoms. The number of hydrogen-bond acceptors (Lipinski definition) is 7. The van der Waals surface area contributed by atoms with Gasteiger partial charge < -0.3 is 14.7 Å². The summed E-state index contributed by atoms with van der Waals surface area (Å²) in [5.41, 5.74) is 6.94. The Morgan fingerprint density at radius 3 is 2.88 bits per heavy atom. The van der Waals surface area contributed by atoms with Crippen molar-refractivity contribution < 1.29 is 8.94 Å². The highest BCUT2D eigenvalue weighted by Crippen LogP contribution is 2.26. The third-order valence-corrected chi connectivity index (χ3v) is 2.94. The zero-order valence-corrected chi connectivity index (χ0v) is 9.69. The van der Waals surface area contributed by atoms with E-state index in [-0.39, 0.29) is 0 Å². The SMILES string of the molecule is Cc1occc1-c1noc(-c2csc(N)n2)n1. The van der Waals surface area contributed by atoms with Crippen molar-refractivity contribution in [3.05, 3.63) is 23.5 Å². The number of aromatic nitrogens is 3. The van der Waals surface area contributed by atoms with E-state index < -0.39 is 0 Å². The van der Waals surface area contributed by atoms with Crippen molar-refractivity contribution >= 4 is 16.5 Å². The minimum absolute atomic E-state index is 0.355. The summed E-state index contributed by atoms with van der Waals surface area (Å²) in [6.07, 6.45) is 1.58. The highest BCUT2D eigenvalue weighted by Gasteiger charge is 2.15. The van der Waals surface area contributed by atoms with Crippen LogP contribution in [0.15, 0.2) is 26.6 Å². The molecule has 0 aliphatic heterocycles. The van der Waals surface area contributed by atoms with Gasteiger partial charge in [-0.2, -0.15) is 4.98 Å². The van der Waals surface area contributed by atoms with Crippen LogP contribution in [0.5, 0.6) is 0 Å². The first kappa shape index (κ1) is 10.0. The van der Waals surface area contributed by atoms with Gasteiger partial charge in [0.2, 0.25) is 5.82 Å². The first-order valence-corrected chi connectivity index (χ1v) is 5.71. The van der Waals surface area contributed by atoms with Gasteiger partial charge in [-0.25, -0.2) is 4.98 Å². The monoisotopic (exact) mass is 248 g/mol. The van der Waals surface area contributed by atoms with Gasteiger partial charge in [0, 0.05) is 5.38 Å². The molecule has 0 aromatic carbocycles. The van der Waals surface area contributed by atoms with E-state index in [0.29, 0.717) is 22.5 Å². The van der Waals surface area contributed by atoms with Crippen LogP contribution >= 0.6 is 11.3 Å². The second-order valence-corrected chi connectivity index (χ2v) is 4.27. The lowest BCUT2D eigenvalue weighted by Gasteiger charge is -1.87. The summed E-state index contributed by atoms with van der Waals surface area (Å²) < 4.78 is 10.3. The van der Waals surface area contributed by atoms with Crippen molar-refractivity contribution in [1.82, 2.24) is 15.1 Å². The van der Waals surface area contributed by atoms with Crippen LogP contribution in [0, 0.1) is 6.92 Å². The average Bonchev–Trinajstić information content (AvgIpc) is 2.97. The van der Waals surface area contributed by atoms with E-state index in [0.717, 1.165) is 11.3 Å². The average molecular weight is 248 g/mol. The van der Waals surface area contributed by atoms with Crippen LogP contribution in [0.25, 0.3) is 23.0 Å². The molecule has 0 aliphatic carbocycles. The molecular weight excluding hydrogens is 240 g/mol. The predicted molar refractivity (Wildman–Crippen MR) is 62.3 cm³/mol. The molecule has 0 saturated carbocycles. The molecule has 2 N–H and O–H groups in total. The molecule has 3 aromatic heterocycles. The summed E-state index contributed by atoms with van der Waals surface area (Å²) in [5.74, 6) is 1.58. The Hall–Kier alpha value is -2.15. The zero-order valence-electron chi connectivity index (χ0n) is 8.88.